The Balaban J connectivity index is 1.51. The highest BCUT2D eigenvalue weighted by Gasteiger charge is 2.41. The van der Waals surface area contributed by atoms with Crippen LogP contribution in [0.5, 0.6) is 0 Å². The van der Waals surface area contributed by atoms with Gasteiger partial charge in [-0.2, -0.15) is 0 Å². The first-order valence-electron chi connectivity index (χ1n) is 11.8. The molecule has 6 rings (SSSR count). The van der Waals surface area contributed by atoms with Gasteiger partial charge < -0.3 is 19.2 Å². The molecule has 0 spiro atoms. The lowest BCUT2D eigenvalue weighted by Gasteiger charge is -2.27. The fraction of sp³-hybridized carbons (Fsp3) is 0.172. The normalized spacial score (nSPS) is 17.8. The molecule has 5 nitrogen and oxygen atoms in total. The minimum atomic E-state index is -0.0693. The van der Waals surface area contributed by atoms with Gasteiger partial charge >= 0.3 is 0 Å². The second-order valence-corrected chi connectivity index (χ2v) is 9.38. The van der Waals surface area contributed by atoms with E-state index in [9.17, 15) is 0 Å². The number of thiocarbonyl (C=S) groups is 1. The van der Waals surface area contributed by atoms with Gasteiger partial charge in [-0.25, -0.2) is 0 Å². The lowest BCUT2D eigenvalue weighted by Crippen LogP contribution is -2.29. The highest BCUT2D eigenvalue weighted by Crippen LogP contribution is 2.42. The van der Waals surface area contributed by atoms with E-state index in [1.54, 1.807) is 6.26 Å². The van der Waals surface area contributed by atoms with E-state index in [0.717, 1.165) is 11.5 Å². The summed E-state index contributed by atoms with van der Waals surface area (Å²) in [6, 6.07) is 27.2. The van der Waals surface area contributed by atoms with Gasteiger partial charge in [-0.3, -0.25) is 4.98 Å². The number of hydrogen-bond acceptors (Lipinski definition) is 3. The molecule has 174 valence electrons. The van der Waals surface area contributed by atoms with Crippen molar-refractivity contribution >= 4 is 28.1 Å². The number of hydrogen-bond donors (Lipinski definition) is 1. The second kappa shape index (κ2) is 8.71. The van der Waals surface area contributed by atoms with E-state index in [1.807, 2.05) is 30.5 Å². The number of fused-ring (bicyclic) bond motifs is 1. The molecule has 1 aliphatic heterocycles. The molecule has 2 atom stereocenters. The second-order valence-electron chi connectivity index (χ2n) is 8.99. The van der Waals surface area contributed by atoms with E-state index in [0.29, 0.717) is 11.7 Å². The Bertz CT molecular complexity index is 1500. The molecular weight excluding hydrogens is 452 g/mol. The molecule has 0 bridgehead atoms. The summed E-state index contributed by atoms with van der Waals surface area (Å²) < 4.78 is 8.06. The van der Waals surface area contributed by atoms with Crippen LogP contribution in [-0.4, -0.2) is 19.6 Å². The SMILES string of the molecule is Cc1cc([C@@H]2[C@@H](c3ccccn3)NC(=S)N2Cc2ccco2)c(C)n1-c1cccc2ccccc12. The lowest BCUT2D eigenvalue weighted by molar-refractivity contribution is 0.286. The van der Waals surface area contributed by atoms with Crippen LogP contribution in [0.25, 0.3) is 16.5 Å². The van der Waals surface area contributed by atoms with Crippen LogP contribution in [0.4, 0.5) is 0 Å². The van der Waals surface area contributed by atoms with Crippen LogP contribution in [0.2, 0.25) is 0 Å². The van der Waals surface area contributed by atoms with E-state index in [-0.39, 0.29) is 12.1 Å². The molecule has 35 heavy (non-hydrogen) atoms. The molecule has 1 aliphatic rings. The number of rotatable bonds is 5. The summed E-state index contributed by atoms with van der Waals surface area (Å²) in [4.78, 5) is 6.91. The van der Waals surface area contributed by atoms with Gasteiger partial charge in [0.2, 0.25) is 0 Å². The third-order valence-electron chi connectivity index (χ3n) is 6.90. The summed E-state index contributed by atoms with van der Waals surface area (Å²) in [5.74, 6) is 0.878. The average molecular weight is 479 g/mol. The third kappa shape index (κ3) is 3.70. The molecule has 3 aromatic heterocycles. The molecular formula is C29H26N4OS. The number of aryl methyl sites for hydroxylation is 1. The molecule has 5 aromatic rings. The minimum absolute atomic E-state index is 0.0302. The van der Waals surface area contributed by atoms with Crippen molar-refractivity contribution in [2.24, 2.45) is 0 Å². The summed E-state index contributed by atoms with van der Waals surface area (Å²) in [7, 11) is 0. The van der Waals surface area contributed by atoms with Crippen LogP contribution in [-0.2, 0) is 6.54 Å². The first-order chi connectivity index (χ1) is 17.1. The number of nitrogens with one attached hydrogen (secondary N) is 1. The van der Waals surface area contributed by atoms with Gasteiger partial charge in [-0.1, -0.05) is 42.5 Å². The van der Waals surface area contributed by atoms with Crippen molar-refractivity contribution in [3.8, 4) is 5.69 Å². The van der Waals surface area contributed by atoms with Crippen LogP contribution in [0.3, 0.4) is 0 Å². The Morgan fingerprint density at radius 2 is 1.80 bits per heavy atom. The molecule has 1 N–H and O–H groups in total. The Morgan fingerprint density at radius 1 is 0.971 bits per heavy atom. The van der Waals surface area contributed by atoms with Crippen LogP contribution in [0.1, 0.15) is 40.5 Å². The lowest BCUT2D eigenvalue weighted by atomic mass is 9.96. The molecule has 4 heterocycles. The van der Waals surface area contributed by atoms with Crippen molar-refractivity contribution < 1.29 is 4.42 Å². The third-order valence-corrected chi connectivity index (χ3v) is 7.25. The van der Waals surface area contributed by atoms with Crippen LogP contribution >= 0.6 is 12.2 Å². The average Bonchev–Trinajstić information content (AvgIpc) is 3.58. The molecule has 0 amide bonds. The molecule has 2 aromatic carbocycles. The molecule has 0 radical (unpaired) electrons. The summed E-state index contributed by atoms with van der Waals surface area (Å²) in [6.07, 6.45) is 3.55. The van der Waals surface area contributed by atoms with Crippen LogP contribution in [0, 0.1) is 13.8 Å². The Labute approximate surface area is 210 Å². The Kier molecular flexibility index (Phi) is 5.38. The van der Waals surface area contributed by atoms with Crippen molar-refractivity contribution in [3.63, 3.8) is 0 Å². The van der Waals surface area contributed by atoms with E-state index in [4.69, 9.17) is 16.6 Å². The summed E-state index contributed by atoms with van der Waals surface area (Å²) in [5, 5.41) is 6.72. The quantitative estimate of drug-likeness (QED) is 0.296. The summed E-state index contributed by atoms with van der Waals surface area (Å²) >= 11 is 5.85. The largest absolute Gasteiger partial charge is 0.467 e. The zero-order valence-corrected chi connectivity index (χ0v) is 20.5. The number of benzene rings is 2. The highest BCUT2D eigenvalue weighted by molar-refractivity contribution is 7.80. The van der Waals surface area contributed by atoms with E-state index in [2.05, 4.69) is 88.2 Å². The maximum atomic E-state index is 5.85. The van der Waals surface area contributed by atoms with Gasteiger partial charge in [0.15, 0.2) is 5.11 Å². The van der Waals surface area contributed by atoms with Gasteiger partial charge in [-0.15, -0.1) is 0 Å². The first kappa shape index (κ1) is 21.6. The van der Waals surface area contributed by atoms with Crippen molar-refractivity contribution in [1.82, 2.24) is 19.8 Å². The predicted molar refractivity (Wildman–Crippen MR) is 142 cm³/mol. The summed E-state index contributed by atoms with van der Waals surface area (Å²) in [5.41, 5.74) is 5.76. The smallest absolute Gasteiger partial charge is 0.170 e. The van der Waals surface area contributed by atoms with E-state index in [1.165, 1.54) is 33.4 Å². The van der Waals surface area contributed by atoms with Crippen molar-refractivity contribution in [2.45, 2.75) is 32.5 Å². The van der Waals surface area contributed by atoms with Gasteiger partial charge in [0.05, 0.1) is 36.3 Å². The molecule has 6 heteroatoms. The monoisotopic (exact) mass is 478 g/mol. The minimum Gasteiger partial charge on any atom is -0.467 e. The first-order valence-corrected chi connectivity index (χ1v) is 12.2. The van der Waals surface area contributed by atoms with Gasteiger partial charge in [0.25, 0.3) is 0 Å². The number of pyridine rings is 1. The Morgan fingerprint density at radius 3 is 2.60 bits per heavy atom. The van der Waals surface area contributed by atoms with Crippen molar-refractivity contribution in [1.29, 1.82) is 0 Å². The molecule has 1 saturated heterocycles. The van der Waals surface area contributed by atoms with Crippen LogP contribution < -0.4 is 5.32 Å². The standard InChI is InChI=1S/C29H26N4OS/c1-19-17-24(20(2)33(19)26-14-7-10-21-9-3-4-12-23(21)26)28-27(25-13-5-6-15-30-25)31-29(35)32(28)18-22-11-8-16-34-22/h3-17,27-28H,18H2,1-2H3,(H,31,35)/t27-,28-/m1/s1. The zero-order chi connectivity index (χ0) is 23.9. The van der Waals surface area contributed by atoms with E-state index < -0.39 is 0 Å². The van der Waals surface area contributed by atoms with E-state index >= 15 is 0 Å². The zero-order valence-electron chi connectivity index (χ0n) is 19.7. The van der Waals surface area contributed by atoms with Gasteiger partial charge in [0.1, 0.15) is 5.76 Å². The van der Waals surface area contributed by atoms with Crippen molar-refractivity contribution in [2.75, 3.05) is 0 Å². The molecule has 0 unspecified atom stereocenters. The predicted octanol–water partition coefficient (Wildman–Crippen LogP) is 6.41. The van der Waals surface area contributed by atoms with Gasteiger partial charge in [0, 0.05) is 23.0 Å². The maximum Gasteiger partial charge on any atom is 0.170 e. The highest BCUT2D eigenvalue weighted by atomic mass is 32.1. The molecule has 1 fully saturated rings. The topological polar surface area (TPSA) is 46.2 Å². The number of aromatic nitrogens is 2. The summed E-state index contributed by atoms with van der Waals surface area (Å²) in [6.45, 7) is 4.96. The van der Waals surface area contributed by atoms with Gasteiger partial charge in [-0.05, 0) is 73.4 Å². The van der Waals surface area contributed by atoms with Crippen molar-refractivity contribution in [3.05, 3.63) is 120 Å². The maximum absolute atomic E-state index is 5.85. The number of furan rings is 1. The fourth-order valence-electron chi connectivity index (χ4n) is 5.35. The molecule has 0 aliphatic carbocycles. The fourth-order valence-corrected chi connectivity index (χ4v) is 5.65. The molecule has 0 saturated carbocycles. The van der Waals surface area contributed by atoms with Crippen LogP contribution in [0.15, 0.2) is 95.7 Å². The number of nitrogens with zero attached hydrogens (tertiary/aromatic N) is 3. The Hall–Kier alpha value is -3.90.